The molecule has 2 aromatic carbocycles. The fourth-order valence-electron chi connectivity index (χ4n) is 2.30. The first kappa shape index (κ1) is 14.0. The van der Waals surface area contributed by atoms with Crippen LogP contribution in [0.3, 0.4) is 0 Å². The summed E-state index contributed by atoms with van der Waals surface area (Å²) in [4.78, 5) is 0. The zero-order valence-electron chi connectivity index (χ0n) is 11.9. The zero-order chi connectivity index (χ0) is 14.8. The van der Waals surface area contributed by atoms with Crippen LogP contribution in [-0.4, -0.2) is 7.11 Å². The van der Waals surface area contributed by atoms with E-state index in [0.29, 0.717) is 0 Å². The van der Waals surface area contributed by atoms with E-state index in [-0.39, 0.29) is 6.04 Å². The van der Waals surface area contributed by atoms with Gasteiger partial charge in [0.05, 0.1) is 13.2 Å². The van der Waals surface area contributed by atoms with Crippen molar-refractivity contribution in [2.75, 3.05) is 12.4 Å². The second-order valence-electron chi connectivity index (χ2n) is 4.93. The normalized spacial score (nSPS) is 12.3. The van der Waals surface area contributed by atoms with Gasteiger partial charge in [-0.05, 0) is 31.2 Å². The van der Waals surface area contributed by atoms with Crippen LogP contribution in [0, 0.1) is 0 Å². The Morgan fingerprint density at radius 1 is 1.14 bits per heavy atom. The van der Waals surface area contributed by atoms with Crippen molar-refractivity contribution < 1.29 is 9.15 Å². The van der Waals surface area contributed by atoms with Crippen LogP contribution in [-0.2, 0) is 0 Å². The Morgan fingerprint density at radius 3 is 2.71 bits per heavy atom. The first-order valence-electron chi connectivity index (χ1n) is 6.75. The lowest BCUT2D eigenvalue weighted by Crippen LogP contribution is -2.05. The summed E-state index contributed by atoms with van der Waals surface area (Å²) in [5.74, 6) is 1.72. The summed E-state index contributed by atoms with van der Waals surface area (Å²) in [6.45, 7) is 2.07. The third kappa shape index (κ3) is 3.05. The summed E-state index contributed by atoms with van der Waals surface area (Å²) in [6, 6.07) is 16.1. The van der Waals surface area contributed by atoms with Crippen LogP contribution < -0.4 is 10.1 Å². The van der Waals surface area contributed by atoms with E-state index in [1.54, 1.807) is 7.11 Å². The minimum absolute atomic E-state index is 0.0661. The van der Waals surface area contributed by atoms with Crippen molar-refractivity contribution >= 4 is 32.6 Å². The average Bonchev–Trinajstić information content (AvgIpc) is 2.90. The summed E-state index contributed by atoms with van der Waals surface area (Å²) in [5, 5.41) is 4.55. The van der Waals surface area contributed by atoms with Crippen molar-refractivity contribution in [2.24, 2.45) is 0 Å². The van der Waals surface area contributed by atoms with Gasteiger partial charge in [0.15, 0.2) is 0 Å². The van der Waals surface area contributed by atoms with Crippen LogP contribution >= 0.6 is 15.9 Å². The number of methoxy groups -OCH3 is 1. The predicted octanol–water partition coefficient (Wildman–Crippen LogP) is 5.38. The molecular weight excluding hydrogens is 330 g/mol. The van der Waals surface area contributed by atoms with Gasteiger partial charge >= 0.3 is 0 Å². The number of furan rings is 1. The Balaban J connectivity index is 1.85. The summed E-state index contributed by atoms with van der Waals surface area (Å²) in [6.07, 6.45) is 0. The molecule has 3 aromatic rings. The molecule has 108 valence electrons. The number of fused-ring (bicyclic) bond motifs is 1. The van der Waals surface area contributed by atoms with Gasteiger partial charge in [0.2, 0.25) is 0 Å². The summed E-state index contributed by atoms with van der Waals surface area (Å²) < 4.78 is 12.1. The molecule has 0 amide bonds. The maximum Gasteiger partial charge on any atom is 0.134 e. The van der Waals surface area contributed by atoms with Crippen molar-refractivity contribution in [3.8, 4) is 5.75 Å². The average molecular weight is 346 g/mol. The number of halogens is 1. The number of rotatable bonds is 4. The van der Waals surface area contributed by atoms with Gasteiger partial charge in [-0.15, -0.1) is 0 Å². The van der Waals surface area contributed by atoms with Crippen molar-refractivity contribution in [3.05, 3.63) is 58.8 Å². The number of nitrogens with one attached hydrogen (secondary N) is 1. The lowest BCUT2D eigenvalue weighted by molar-refractivity contribution is 0.414. The minimum atomic E-state index is 0.0661. The quantitative estimate of drug-likeness (QED) is 0.689. The molecule has 4 heteroatoms. The third-order valence-electron chi connectivity index (χ3n) is 3.36. The molecule has 0 saturated heterocycles. The lowest BCUT2D eigenvalue weighted by atomic mass is 10.2. The van der Waals surface area contributed by atoms with E-state index in [1.807, 2.05) is 36.4 Å². The SMILES string of the molecule is COc1cc(Br)cc(NC(C)c2cc3ccccc3o2)c1. The monoisotopic (exact) mass is 345 g/mol. The number of para-hydroxylation sites is 1. The van der Waals surface area contributed by atoms with Gasteiger partial charge in [0.25, 0.3) is 0 Å². The summed E-state index contributed by atoms with van der Waals surface area (Å²) in [7, 11) is 1.66. The van der Waals surface area contributed by atoms with E-state index >= 15 is 0 Å². The first-order valence-corrected chi connectivity index (χ1v) is 7.54. The van der Waals surface area contributed by atoms with E-state index in [4.69, 9.17) is 9.15 Å². The molecule has 21 heavy (non-hydrogen) atoms. The topological polar surface area (TPSA) is 34.4 Å². The van der Waals surface area contributed by atoms with E-state index in [1.165, 1.54) is 0 Å². The Hall–Kier alpha value is -1.94. The van der Waals surface area contributed by atoms with Gasteiger partial charge in [-0.2, -0.15) is 0 Å². The van der Waals surface area contributed by atoms with Crippen LogP contribution in [0.1, 0.15) is 18.7 Å². The second kappa shape index (κ2) is 5.82. The minimum Gasteiger partial charge on any atom is -0.497 e. The fourth-order valence-corrected chi connectivity index (χ4v) is 2.77. The number of hydrogen-bond donors (Lipinski definition) is 1. The molecule has 0 fully saturated rings. The van der Waals surface area contributed by atoms with Gasteiger partial charge in [0.1, 0.15) is 17.1 Å². The Morgan fingerprint density at radius 2 is 1.95 bits per heavy atom. The molecule has 0 saturated carbocycles. The zero-order valence-corrected chi connectivity index (χ0v) is 13.5. The molecule has 1 aromatic heterocycles. The van der Waals surface area contributed by atoms with Gasteiger partial charge in [0, 0.05) is 21.6 Å². The maximum atomic E-state index is 5.88. The summed E-state index contributed by atoms with van der Waals surface area (Å²) in [5.41, 5.74) is 1.89. The maximum absolute atomic E-state index is 5.88. The summed E-state index contributed by atoms with van der Waals surface area (Å²) >= 11 is 3.48. The molecule has 0 aliphatic rings. The van der Waals surface area contributed by atoms with Gasteiger partial charge < -0.3 is 14.5 Å². The Bertz CT molecular complexity index is 733. The molecule has 0 spiro atoms. The fraction of sp³-hybridized carbons (Fsp3) is 0.176. The first-order chi connectivity index (χ1) is 10.2. The van der Waals surface area contributed by atoms with E-state index < -0.39 is 0 Å². The van der Waals surface area contributed by atoms with Crippen LogP contribution in [0.4, 0.5) is 5.69 Å². The molecule has 0 radical (unpaired) electrons. The molecular formula is C17H16BrNO2. The van der Waals surface area contributed by atoms with Gasteiger partial charge in [-0.3, -0.25) is 0 Å². The second-order valence-corrected chi connectivity index (χ2v) is 5.85. The number of hydrogen-bond acceptors (Lipinski definition) is 3. The molecule has 3 rings (SSSR count). The molecule has 0 bridgehead atoms. The smallest absolute Gasteiger partial charge is 0.134 e. The van der Waals surface area contributed by atoms with Crippen LogP contribution in [0.5, 0.6) is 5.75 Å². The van der Waals surface area contributed by atoms with Crippen LogP contribution in [0.25, 0.3) is 11.0 Å². The molecule has 1 unspecified atom stereocenters. The van der Waals surface area contributed by atoms with Gasteiger partial charge in [-0.25, -0.2) is 0 Å². The van der Waals surface area contributed by atoms with Crippen molar-refractivity contribution in [1.29, 1.82) is 0 Å². The Labute approximate surface area is 132 Å². The van der Waals surface area contributed by atoms with E-state index in [9.17, 15) is 0 Å². The third-order valence-corrected chi connectivity index (χ3v) is 3.82. The van der Waals surface area contributed by atoms with E-state index in [0.717, 1.165) is 32.6 Å². The highest BCUT2D eigenvalue weighted by atomic mass is 79.9. The molecule has 0 aliphatic heterocycles. The van der Waals surface area contributed by atoms with Crippen molar-refractivity contribution in [3.63, 3.8) is 0 Å². The molecule has 1 atom stereocenters. The Kier molecular flexibility index (Phi) is 3.88. The molecule has 0 aliphatic carbocycles. The highest BCUT2D eigenvalue weighted by Gasteiger charge is 2.12. The lowest BCUT2D eigenvalue weighted by Gasteiger charge is -2.14. The molecule has 1 heterocycles. The largest absolute Gasteiger partial charge is 0.497 e. The predicted molar refractivity (Wildman–Crippen MR) is 88.9 cm³/mol. The molecule has 1 N–H and O–H groups in total. The standard InChI is InChI=1S/C17H16BrNO2/c1-11(17-7-12-5-3-4-6-16(12)21-17)19-14-8-13(18)9-15(10-14)20-2/h3-11,19H,1-2H3. The van der Waals surface area contributed by atoms with Gasteiger partial charge in [-0.1, -0.05) is 34.1 Å². The number of benzene rings is 2. The number of ether oxygens (including phenoxy) is 1. The highest BCUT2D eigenvalue weighted by molar-refractivity contribution is 9.10. The van der Waals surface area contributed by atoms with Crippen molar-refractivity contribution in [1.82, 2.24) is 0 Å². The van der Waals surface area contributed by atoms with Crippen LogP contribution in [0.15, 0.2) is 57.4 Å². The van der Waals surface area contributed by atoms with E-state index in [2.05, 4.69) is 40.3 Å². The van der Waals surface area contributed by atoms with Crippen molar-refractivity contribution in [2.45, 2.75) is 13.0 Å². The van der Waals surface area contributed by atoms with Crippen LogP contribution in [0.2, 0.25) is 0 Å². The highest BCUT2D eigenvalue weighted by Crippen LogP contribution is 2.29. The number of anilines is 1. The molecule has 3 nitrogen and oxygen atoms in total.